The summed E-state index contributed by atoms with van der Waals surface area (Å²) in [6.07, 6.45) is 0.522. The van der Waals surface area contributed by atoms with Gasteiger partial charge in [-0.05, 0) is 26.8 Å². The highest BCUT2D eigenvalue weighted by Crippen LogP contribution is 2.20. The van der Waals surface area contributed by atoms with Gasteiger partial charge in [-0.1, -0.05) is 11.6 Å². The van der Waals surface area contributed by atoms with Crippen molar-refractivity contribution in [2.45, 2.75) is 32.7 Å². The van der Waals surface area contributed by atoms with Gasteiger partial charge in [0.2, 0.25) is 0 Å². The van der Waals surface area contributed by atoms with Crippen molar-refractivity contribution in [3.63, 3.8) is 0 Å². The van der Waals surface area contributed by atoms with Gasteiger partial charge < -0.3 is 5.32 Å². The van der Waals surface area contributed by atoms with Gasteiger partial charge in [-0.15, -0.1) is 23.7 Å². The molecule has 0 spiro atoms. The molecule has 5 heteroatoms. The number of ketones is 1. The highest BCUT2D eigenvalue weighted by atomic mass is 35.5. The standard InChI is InChI=1S/C11H16ClNOS.ClH/c1-11(2,3)13-5-4-9(14)10-6-8(12)7-15-10;/h6-7,13H,4-5H2,1-3H3;1H. The summed E-state index contributed by atoms with van der Waals surface area (Å²) in [5.41, 5.74) is 0.0629. The number of hydrogen-bond acceptors (Lipinski definition) is 3. The molecule has 0 aromatic carbocycles. The topological polar surface area (TPSA) is 29.1 Å². The van der Waals surface area contributed by atoms with Crippen LogP contribution in [0.25, 0.3) is 0 Å². The van der Waals surface area contributed by atoms with E-state index >= 15 is 0 Å². The Bertz CT molecular complexity index is 344. The predicted octanol–water partition coefficient (Wildman–Crippen LogP) is 3.78. The lowest BCUT2D eigenvalue weighted by atomic mass is 10.1. The average Bonchev–Trinajstić information content (AvgIpc) is 2.49. The first kappa shape index (κ1) is 15.9. The van der Waals surface area contributed by atoms with Crippen LogP contribution in [0.4, 0.5) is 0 Å². The van der Waals surface area contributed by atoms with Gasteiger partial charge in [0, 0.05) is 23.9 Å². The van der Waals surface area contributed by atoms with Crippen LogP contribution in [0.15, 0.2) is 11.4 Å². The molecule has 1 N–H and O–H groups in total. The van der Waals surface area contributed by atoms with Crippen molar-refractivity contribution >= 4 is 41.1 Å². The van der Waals surface area contributed by atoms with Crippen LogP contribution in [0.5, 0.6) is 0 Å². The third kappa shape index (κ3) is 5.85. The van der Waals surface area contributed by atoms with Crippen molar-refractivity contribution < 1.29 is 4.79 Å². The van der Waals surface area contributed by atoms with E-state index in [-0.39, 0.29) is 23.7 Å². The Labute approximate surface area is 112 Å². The van der Waals surface area contributed by atoms with Gasteiger partial charge in [0.15, 0.2) is 5.78 Å². The number of carbonyl (C=O) groups is 1. The average molecular weight is 282 g/mol. The smallest absolute Gasteiger partial charge is 0.174 e. The summed E-state index contributed by atoms with van der Waals surface area (Å²) in [5, 5.41) is 5.71. The summed E-state index contributed by atoms with van der Waals surface area (Å²) in [6.45, 7) is 6.95. The first-order chi connectivity index (χ1) is 6.88. The van der Waals surface area contributed by atoms with Crippen molar-refractivity contribution in [2.24, 2.45) is 0 Å². The van der Waals surface area contributed by atoms with E-state index < -0.39 is 0 Å². The molecule has 0 amide bonds. The zero-order valence-corrected chi connectivity index (χ0v) is 12.1. The van der Waals surface area contributed by atoms with Crippen LogP contribution in [-0.4, -0.2) is 17.9 Å². The molecule has 2 nitrogen and oxygen atoms in total. The maximum atomic E-state index is 11.7. The van der Waals surface area contributed by atoms with Crippen LogP contribution in [0.3, 0.4) is 0 Å². The molecule has 0 aliphatic carbocycles. The highest BCUT2D eigenvalue weighted by Gasteiger charge is 2.11. The Balaban J connectivity index is 0.00000225. The maximum absolute atomic E-state index is 11.7. The normalized spacial score (nSPS) is 11.0. The van der Waals surface area contributed by atoms with E-state index in [2.05, 4.69) is 26.1 Å². The molecule has 0 saturated carbocycles. The van der Waals surface area contributed by atoms with Crippen molar-refractivity contribution in [1.82, 2.24) is 5.32 Å². The molecule has 0 bridgehead atoms. The quantitative estimate of drug-likeness (QED) is 0.851. The van der Waals surface area contributed by atoms with E-state index in [1.165, 1.54) is 11.3 Å². The lowest BCUT2D eigenvalue weighted by Gasteiger charge is -2.19. The molecule has 0 aliphatic rings. The second-order valence-corrected chi connectivity index (χ2v) is 5.83. The Morgan fingerprint density at radius 3 is 2.56 bits per heavy atom. The Kier molecular flexibility index (Phi) is 6.56. The second-order valence-electron chi connectivity index (χ2n) is 4.48. The minimum absolute atomic E-state index is 0. The van der Waals surface area contributed by atoms with Crippen LogP contribution in [-0.2, 0) is 0 Å². The predicted molar refractivity (Wildman–Crippen MR) is 73.3 cm³/mol. The van der Waals surface area contributed by atoms with Crippen LogP contribution in [0.1, 0.15) is 36.9 Å². The lowest BCUT2D eigenvalue weighted by molar-refractivity contribution is 0.0984. The second kappa shape index (κ2) is 6.60. The molecule has 0 saturated heterocycles. The molecule has 1 rings (SSSR count). The first-order valence-corrected chi connectivity index (χ1v) is 6.16. The first-order valence-electron chi connectivity index (χ1n) is 4.91. The highest BCUT2D eigenvalue weighted by molar-refractivity contribution is 7.12. The number of hydrogen-bond donors (Lipinski definition) is 1. The fourth-order valence-electron chi connectivity index (χ4n) is 1.13. The van der Waals surface area contributed by atoms with E-state index in [4.69, 9.17) is 11.6 Å². The molecule has 1 heterocycles. The minimum Gasteiger partial charge on any atom is -0.312 e. The summed E-state index contributed by atoms with van der Waals surface area (Å²) in [4.78, 5) is 12.4. The summed E-state index contributed by atoms with van der Waals surface area (Å²) in [6, 6.07) is 1.73. The van der Waals surface area contributed by atoms with E-state index in [9.17, 15) is 4.79 Å². The number of halogens is 2. The van der Waals surface area contributed by atoms with Crippen LogP contribution < -0.4 is 5.32 Å². The van der Waals surface area contributed by atoms with Gasteiger partial charge in [-0.3, -0.25) is 4.79 Å². The Hall–Kier alpha value is -0.0900. The van der Waals surface area contributed by atoms with Gasteiger partial charge in [0.1, 0.15) is 0 Å². The van der Waals surface area contributed by atoms with Crippen molar-refractivity contribution in [1.29, 1.82) is 0 Å². The van der Waals surface area contributed by atoms with Crippen molar-refractivity contribution in [3.05, 3.63) is 21.3 Å². The number of carbonyl (C=O) groups excluding carboxylic acids is 1. The minimum atomic E-state index is 0. The van der Waals surface area contributed by atoms with Gasteiger partial charge in [0.05, 0.1) is 9.90 Å². The molecule has 0 unspecified atom stereocenters. The molecular formula is C11H17Cl2NOS. The number of nitrogens with one attached hydrogen (secondary N) is 1. The van der Waals surface area contributed by atoms with E-state index in [1.54, 1.807) is 11.4 Å². The third-order valence-electron chi connectivity index (χ3n) is 1.85. The molecule has 16 heavy (non-hydrogen) atoms. The van der Waals surface area contributed by atoms with Gasteiger partial charge in [-0.25, -0.2) is 0 Å². The van der Waals surface area contributed by atoms with Gasteiger partial charge in [0.25, 0.3) is 0 Å². The largest absolute Gasteiger partial charge is 0.312 e. The van der Waals surface area contributed by atoms with Crippen LogP contribution >= 0.6 is 35.3 Å². The summed E-state index contributed by atoms with van der Waals surface area (Å²) in [5.74, 6) is 0.156. The number of thiophene rings is 1. The fraction of sp³-hybridized carbons (Fsp3) is 0.545. The molecular weight excluding hydrogens is 265 g/mol. The molecule has 1 aromatic rings. The SMILES string of the molecule is CC(C)(C)NCCC(=O)c1cc(Cl)cs1.Cl. The van der Waals surface area contributed by atoms with Gasteiger partial charge >= 0.3 is 0 Å². The maximum Gasteiger partial charge on any atom is 0.174 e. The zero-order valence-electron chi connectivity index (χ0n) is 9.67. The third-order valence-corrected chi connectivity index (χ3v) is 3.17. The summed E-state index contributed by atoms with van der Waals surface area (Å²) in [7, 11) is 0. The zero-order chi connectivity index (χ0) is 11.5. The summed E-state index contributed by atoms with van der Waals surface area (Å²) >= 11 is 7.16. The fourth-order valence-corrected chi connectivity index (χ4v) is 2.18. The van der Waals surface area contributed by atoms with Crippen LogP contribution in [0.2, 0.25) is 5.02 Å². The summed E-state index contributed by atoms with van der Waals surface area (Å²) < 4.78 is 0. The molecule has 92 valence electrons. The van der Waals surface area contributed by atoms with Crippen molar-refractivity contribution in [2.75, 3.05) is 6.54 Å². The Morgan fingerprint density at radius 1 is 1.50 bits per heavy atom. The monoisotopic (exact) mass is 281 g/mol. The molecule has 0 fully saturated rings. The number of rotatable bonds is 4. The lowest BCUT2D eigenvalue weighted by Crippen LogP contribution is -2.37. The van der Waals surface area contributed by atoms with E-state index in [1.807, 2.05) is 0 Å². The molecule has 1 aromatic heterocycles. The van der Waals surface area contributed by atoms with Crippen molar-refractivity contribution in [3.8, 4) is 0 Å². The molecule has 0 radical (unpaired) electrons. The van der Waals surface area contributed by atoms with E-state index in [0.29, 0.717) is 18.0 Å². The Morgan fingerprint density at radius 2 is 2.12 bits per heavy atom. The van der Waals surface area contributed by atoms with Crippen LogP contribution in [0, 0.1) is 0 Å². The number of Topliss-reactive ketones (excluding diaryl/α,β-unsaturated/α-hetero) is 1. The van der Waals surface area contributed by atoms with Gasteiger partial charge in [-0.2, -0.15) is 0 Å². The van der Waals surface area contributed by atoms with E-state index in [0.717, 1.165) is 4.88 Å². The molecule has 0 aliphatic heterocycles. The molecule has 0 atom stereocenters.